The van der Waals surface area contributed by atoms with Crippen LogP contribution >= 0.6 is 11.8 Å². The van der Waals surface area contributed by atoms with Crippen molar-refractivity contribution in [2.45, 2.75) is 36.3 Å². The van der Waals surface area contributed by atoms with E-state index in [0.29, 0.717) is 0 Å². The molecule has 0 bridgehead atoms. The first-order chi connectivity index (χ1) is 9.86. The van der Waals surface area contributed by atoms with Gasteiger partial charge in [0.25, 0.3) is 0 Å². The fourth-order valence-electron chi connectivity index (χ4n) is 2.36. The normalized spacial score (nSPS) is 17.4. The van der Waals surface area contributed by atoms with Crippen LogP contribution in [-0.2, 0) is 12.8 Å². The first-order valence-electron chi connectivity index (χ1n) is 7.14. The number of thioether (sulfide) groups is 1. The highest BCUT2D eigenvalue weighted by atomic mass is 32.2. The lowest BCUT2D eigenvalue weighted by atomic mass is 10.1. The minimum atomic E-state index is 0.280. The van der Waals surface area contributed by atoms with Gasteiger partial charge in [0.15, 0.2) is 0 Å². The topological polar surface area (TPSA) is 51.0 Å². The highest BCUT2D eigenvalue weighted by Crippen LogP contribution is 2.45. The van der Waals surface area contributed by atoms with Crippen LogP contribution in [0.3, 0.4) is 0 Å². The molecule has 5 heteroatoms. The van der Waals surface area contributed by atoms with Crippen LogP contribution in [0.25, 0.3) is 0 Å². The van der Waals surface area contributed by atoms with Gasteiger partial charge >= 0.3 is 0 Å². The van der Waals surface area contributed by atoms with Gasteiger partial charge in [-0.1, -0.05) is 25.1 Å². The highest BCUT2D eigenvalue weighted by molar-refractivity contribution is 7.99. The van der Waals surface area contributed by atoms with Gasteiger partial charge < -0.3 is 9.73 Å². The maximum Gasteiger partial charge on any atom is 0.230 e. The Morgan fingerprint density at radius 1 is 1.35 bits per heavy atom. The molecule has 106 valence electrons. The maximum absolute atomic E-state index is 5.81. The van der Waals surface area contributed by atoms with Crippen LogP contribution in [0.2, 0.25) is 0 Å². The van der Waals surface area contributed by atoms with Gasteiger partial charge in [-0.2, -0.15) is 0 Å². The van der Waals surface area contributed by atoms with E-state index < -0.39 is 0 Å². The minimum Gasteiger partial charge on any atom is -0.424 e. The first kappa shape index (κ1) is 13.6. The molecule has 1 aromatic heterocycles. The number of aryl methyl sites for hydroxylation is 1. The summed E-state index contributed by atoms with van der Waals surface area (Å²) in [6, 6.07) is 8.50. The van der Waals surface area contributed by atoms with E-state index in [1.165, 1.54) is 10.5 Å². The minimum absolute atomic E-state index is 0.280. The summed E-state index contributed by atoms with van der Waals surface area (Å²) in [7, 11) is 0. The monoisotopic (exact) mass is 289 g/mol. The zero-order valence-corrected chi connectivity index (χ0v) is 12.4. The molecule has 0 saturated carbocycles. The summed E-state index contributed by atoms with van der Waals surface area (Å²) in [4.78, 5) is 1.34. The lowest BCUT2D eigenvalue weighted by Crippen LogP contribution is -2.14. The Labute approximate surface area is 123 Å². The van der Waals surface area contributed by atoms with Crippen LogP contribution in [0.4, 0.5) is 0 Å². The zero-order chi connectivity index (χ0) is 13.8. The predicted molar refractivity (Wildman–Crippen MR) is 79.9 cm³/mol. The van der Waals surface area contributed by atoms with Crippen molar-refractivity contribution >= 4 is 11.8 Å². The fourth-order valence-corrected chi connectivity index (χ4v) is 3.58. The van der Waals surface area contributed by atoms with E-state index in [4.69, 9.17) is 4.42 Å². The third-order valence-electron chi connectivity index (χ3n) is 3.40. The third kappa shape index (κ3) is 3.04. The van der Waals surface area contributed by atoms with Crippen LogP contribution in [0, 0.1) is 0 Å². The molecule has 0 radical (unpaired) electrons. The van der Waals surface area contributed by atoms with Gasteiger partial charge in [-0.05, 0) is 37.6 Å². The second kappa shape index (κ2) is 6.41. The summed E-state index contributed by atoms with van der Waals surface area (Å²) in [5.74, 6) is 1.53. The quantitative estimate of drug-likeness (QED) is 0.828. The molecule has 0 spiro atoms. The number of rotatable bonds is 6. The molecule has 3 rings (SSSR count). The molecular formula is C15H19N3OS. The molecule has 2 aromatic rings. The molecule has 1 aromatic carbocycles. The number of nitrogens with zero attached hydrogens (tertiary/aromatic N) is 2. The largest absolute Gasteiger partial charge is 0.424 e. The van der Waals surface area contributed by atoms with Crippen LogP contribution in [0.15, 0.2) is 33.6 Å². The van der Waals surface area contributed by atoms with Gasteiger partial charge in [-0.15, -0.1) is 22.0 Å². The molecule has 0 fully saturated rings. The smallest absolute Gasteiger partial charge is 0.230 e. The molecule has 2 heterocycles. The van der Waals surface area contributed by atoms with Crippen LogP contribution in [-0.4, -0.2) is 23.3 Å². The Morgan fingerprint density at radius 2 is 2.25 bits per heavy atom. The molecule has 20 heavy (non-hydrogen) atoms. The van der Waals surface area contributed by atoms with E-state index >= 15 is 0 Å². The van der Waals surface area contributed by atoms with Gasteiger partial charge in [0, 0.05) is 11.3 Å². The Kier molecular flexibility index (Phi) is 4.38. The Morgan fingerprint density at radius 3 is 3.10 bits per heavy atom. The van der Waals surface area contributed by atoms with E-state index in [1.54, 1.807) is 0 Å². The summed E-state index contributed by atoms with van der Waals surface area (Å²) in [5.41, 5.74) is 1.38. The average molecular weight is 289 g/mol. The Hall–Kier alpha value is -1.33. The van der Waals surface area contributed by atoms with Crippen LogP contribution in [0.1, 0.15) is 35.9 Å². The van der Waals surface area contributed by atoms with Crippen molar-refractivity contribution in [1.29, 1.82) is 0 Å². The van der Waals surface area contributed by atoms with E-state index in [1.807, 2.05) is 11.8 Å². The van der Waals surface area contributed by atoms with E-state index in [2.05, 4.69) is 46.7 Å². The van der Waals surface area contributed by atoms with Crippen molar-refractivity contribution in [3.05, 3.63) is 41.6 Å². The van der Waals surface area contributed by atoms with Gasteiger partial charge in [-0.3, -0.25) is 0 Å². The van der Waals surface area contributed by atoms with Crippen molar-refractivity contribution in [2.75, 3.05) is 13.1 Å². The summed E-state index contributed by atoms with van der Waals surface area (Å²) < 4.78 is 5.81. The number of benzene rings is 1. The number of nitrogens with one attached hydrogen (secondary N) is 1. The maximum atomic E-state index is 5.81. The Balaban J connectivity index is 1.58. The summed E-state index contributed by atoms with van der Waals surface area (Å²) in [5, 5.41) is 12.0. The second-order valence-corrected chi connectivity index (χ2v) is 6.15. The molecule has 1 aliphatic heterocycles. The van der Waals surface area contributed by atoms with Crippen molar-refractivity contribution in [3.63, 3.8) is 0 Å². The molecule has 1 N–H and O–H groups in total. The van der Waals surface area contributed by atoms with Crippen molar-refractivity contribution in [1.82, 2.24) is 15.5 Å². The van der Waals surface area contributed by atoms with Crippen molar-refractivity contribution < 1.29 is 4.42 Å². The summed E-state index contributed by atoms with van der Waals surface area (Å²) in [6.45, 7) is 4.11. The molecule has 4 nitrogen and oxygen atoms in total. The molecule has 0 amide bonds. The van der Waals surface area contributed by atoms with Crippen molar-refractivity contribution in [2.24, 2.45) is 0 Å². The SMILES string of the molecule is CCNCCCc1nnc(C2Cc3ccccc3S2)o1. The van der Waals surface area contributed by atoms with E-state index in [0.717, 1.165) is 44.1 Å². The zero-order valence-electron chi connectivity index (χ0n) is 11.6. The predicted octanol–water partition coefficient (Wildman–Crippen LogP) is 3.00. The van der Waals surface area contributed by atoms with Gasteiger partial charge in [0.1, 0.15) is 0 Å². The summed E-state index contributed by atoms with van der Waals surface area (Å²) >= 11 is 1.83. The number of hydrogen-bond donors (Lipinski definition) is 1. The molecule has 1 unspecified atom stereocenters. The lowest BCUT2D eigenvalue weighted by molar-refractivity contribution is 0.440. The van der Waals surface area contributed by atoms with Crippen LogP contribution in [0.5, 0.6) is 0 Å². The average Bonchev–Trinajstić information content (AvgIpc) is 3.09. The first-order valence-corrected chi connectivity index (χ1v) is 8.02. The van der Waals surface area contributed by atoms with E-state index in [-0.39, 0.29) is 5.25 Å². The van der Waals surface area contributed by atoms with Crippen LogP contribution < -0.4 is 5.32 Å². The number of fused-ring (bicyclic) bond motifs is 1. The van der Waals surface area contributed by atoms with Gasteiger partial charge in [-0.25, -0.2) is 0 Å². The number of aromatic nitrogens is 2. The molecule has 0 aliphatic carbocycles. The highest BCUT2D eigenvalue weighted by Gasteiger charge is 2.27. The van der Waals surface area contributed by atoms with Gasteiger partial charge in [0.05, 0.1) is 5.25 Å². The second-order valence-electron chi connectivity index (χ2n) is 4.91. The molecule has 0 saturated heterocycles. The lowest BCUT2D eigenvalue weighted by Gasteiger charge is -2.01. The molecule has 1 aliphatic rings. The van der Waals surface area contributed by atoms with Gasteiger partial charge in [0.2, 0.25) is 11.8 Å². The summed E-state index contributed by atoms with van der Waals surface area (Å²) in [6.07, 6.45) is 2.87. The molecule has 1 atom stereocenters. The van der Waals surface area contributed by atoms with E-state index in [9.17, 15) is 0 Å². The third-order valence-corrected chi connectivity index (χ3v) is 4.70. The Bertz CT molecular complexity index is 545. The van der Waals surface area contributed by atoms with Crippen molar-refractivity contribution in [3.8, 4) is 0 Å². The standard InChI is InChI=1S/C15H19N3OS/c1-2-16-9-5-8-14-17-18-15(19-14)13-10-11-6-3-4-7-12(11)20-13/h3-4,6-7,13,16H,2,5,8-10H2,1H3. The molecular weight excluding hydrogens is 270 g/mol. The fraction of sp³-hybridized carbons (Fsp3) is 0.467. The number of hydrogen-bond acceptors (Lipinski definition) is 5.